The summed E-state index contributed by atoms with van der Waals surface area (Å²) in [6.07, 6.45) is -0.381. The fraction of sp³-hybridized carbons (Fsp3) is 0.647. The Balaban J connectivity index is 2.89. The maximum Gasteiger partial charge on any atom is 0.507 e. The molecule has 22 heavy (non-hydrogen) atoms. The molecule has 0 amide bonds. The van der Waals surface area contributed by atoms with Crippen LogP contribution in [0.2, 0.25) is 0 Å². The summed E-state index contributed by atoms with van der Waals surface area (Å²) < 4.78 is 24.0. The first-order valence-electron chi connectivity index (χ1n) is 7.97. The largest absolute Gasteiger partial charge is 0.507 e. The normalized spacial score (nSPS) is 14.1. The third-order valence-corrected chi connectivity index (χ3v) is 5.85. The van der Waals surface area contributed by atoms with Gasteiger partial charge in [-0.3, -0.25) is 0 Å². The van der Waals surface area contributed by atoms with Crippen LogP contribution in [-0.2, 0) is 24.1 Å². The van der Waals surface area contributed by atoms with Crippen molar-refractivity contribution in [2.24, 2.45) is 0 Å². The van der Waals surface area contributed by atoms with Crippen LogP contribution in [0.5, 0.6) is 0 Å². The zero-order valence-corrected chi connectivity index (χ0v) is 15.7. The molecule has 1 aromatic rings. The van der Waals surface area contributed by atoms with Gasteiger partial charge >= 0.3 is 8.80 Å². The summed E-state index contributed by atoms with van der Waals surface area (Å²) in [5, 5.41) is 0. The summed E-state index contributed by atoms with van der Waals surface area (Å²) in [4.78, 5) is 0. The van der Waals surface area contributed by atoms with Gasteiger partial charge < -0.3 is 18.0 Å². The van der Waals surface area contributed by atoms with Crippen LogP contribution in [0.1, 0.15) is 47.1 Å². The Morgan fingerprint density at radius 3 is 2.00 bits per heavy atom. The number of hydrogen-bond acceptors (Lipinski definition) is 4. The Morgan fingerprint density at radius 1 is 1.00 bits per heavy atom. The van der Waals surface area contributed by atoms with Crippen molar-refractivity contribution < 1.29 is 18.0 Å². The van der Waals surface area contributed by atoms with Crippen molar-refractivity contribution in [3.63, 3.8) is 0 Å². The van der Waals surface area contributed by atoms with E-state index < -0.39 is 8.80 Å². The standard InChI is InChI=1S/C17H30O4Si/c1-7-18-22(19-8-2,14-16-12-10-9-11-13-16)21-15(3)20-17(4,5)6/h9-13,15H,7-8,14H2,1-6H3. The smallest absolute Gasteiger partial charge is 0.374 e. The minimum absolute atomic E-state index is 0.273. The van der Waals surface area contributed by atoms with Gasteiger partial charge in [0, 0.05) is 19.3 Å². The van der Waals surface area contributed by atoms with Crippen molar-refractivity contribution in [1.82, 2.24) is 0 Å². The van der Waals surface area contributed by atoms with Crippen LogP contribution in [-0.4, -0.2) is 33.9 Å². The second kappa shape index (κ2) is 8.79. The Kier molecular flexibility index (Phi) is 7.72. The molecule has 0 aliphatic carbocycles. The minimum Gasteiger partial charge on any atom is -0.374 e. The van der Waals surface area contributed by atoms with Gasteiger partial charge in [-0.2, -0.15) is 0 Å². The van der Waals surface area contributed by atoms with E-state index in [1.807, 2.05) is 59.7 Å². The van der Waals surface area contributed by atoms with Gasteiger partial charge in [-0.15, -0.1) is 0 Å². The van der Waals surface area contributed by atoms with Crippen LogP contribution < -0.4 is 0 Å². The first-order chi connectivity index (χ1) is 10.3. The second-order valence-corrected chi connectivity index (χ2v) is 8.66. The lowest BCUT2D eigenvalue weighted by atomic mass is 10.2. The van der Waals surface area contributed by atoms with E-state index in [2.05, 4.69) is 12.1 Å². The molecule has 0 aromatic heterocycles. The Labute approximate surface area is 136 Å². The first-order valence-corrected chi connectivity index (χ1v) is 9.91. The maximum absolute atomic E-state index is 6.17. The number of benzene rings is 1. The van der Waals surface area contributed by atoms with Crippen LogP contribution in [0.3, 0.4) is 0 Å². The predicted octanol–water partition coefficient (Wildman–Crippen LogP) is 3.96. The molecule has 1 atom stereocenters. The van der Waals surface area contributed by atoms with Gasteiger partial charge in [-0.1, -0.05) is 30.3 Å². The molecule has 0 radical (unpaired) electrons. The van der Waals surface area contributed by atoms with Crippen molar-refractivity contribution in [3.05, 3.63) is 35.9 Å². The monoisotopic (exact) mass is 326 g/mol. The van der Waals surface area contributed by atoms with Crippen LogP contribution in [0.4, 0.5) is 0 Å². The van der Waals surface area contributed by atoms with E-state index in [9.17, 15) is 0 Å². The fourth-order valence-electron chi connectivity index (χ4n) is 2.31. The van der Waals surface area contributed by atoms with E-state index in [4.69, 9.17) is 18.0 Å². The van der Waals surface area contributed by atoms with E-state index >= 15 is 0 Å². The molecule has 0 fully saturated rings. The number of hydrogen-bond donors (Lipinski definition) is 0. The average Bonchev–Trinajstić information content (AvgIpc) is 2.37. The highest BCUT2D eigenvalue weighted by Gasteiger charge is 2.43. The lowest BCUT2D eigenvalue weighted by Gasteiger charge is -2.34. The molecule has 126 valence electrons. The zero-order chi connectivity index (χ0) is 16.6. The zero-order valence-electron chi connectivity index (χ0n) is 14.7. The SMILES string of the molecule is CCO[Si](Cc1ccccc1)(OCC)OC(C)OC(C)(C)C. The first kappa shape index (κ1) is 19.3. The molecular weight excluding hydrogens is 296 g/mol. The summed E-state index contributed by atoms with van der Waals surface area (Å²) in [5.74, 6) is 0. The van der Waals surface area contributed by atoms with Crippen LogP contribution in [0.15, 0.2) is 30.3 Å². The number of ether oxygens (including phenoxy) is 1. The van der Waals surface area contributed by atoms with Crippen molar-refractivity contribution in [3.8, 4) is 0 Å². The van der Waals surface area contributed by atoms with Crippen molar-refractivity contribution in [2.45, 2.75) is 59.5 Å². The van der Waals surface area contributed by atoms with Crippen molar-refractivity contribution >= 4 is 8.80 Å². The van der Waals surface area contributed by atoms with Crippen LogP contribution in [0.25, 0.3) is 0 Å². The summed E-state index contributed by atoms with van der Waals surface area (Å²) in [7, 11) is -2.82. The van der Waals surface area contributed by atoms with Crippen LogP contribution in [0, 0.1) is 0 Å². The van der Waals surface area contributed by atoms with Gasteiger partial charge in [0.15, 0.2) is 0 Å². The molecule has 5 heteroatoms. The molecular formula is C17H30O4Si. The molecule has 0 bridgehead atoms. The predicted molar refractivity (Wildman–Crippen MR) is 90.5 cm³/mol. The average molecular weight is 327 g/mol. The van der Waals surface area contributed by atoms with E-state index in [0.29, 0.717) is 19.3 Å². The molecule has 0 aliphatic rings. The fourth-order valence-corrected chi connectivity index (χ4v) is 4.99. The number of rotatable bonds is 9. The van der Waals surface area contributed by atoms with Gasteiger partial charge in [-0.05, 0) is 47.1 Å². The van der Waals surface area contributed by atoms with Crippen molar-refractivity contribution in [1.29, 1.82) is 0 Å². The molecule has 0 N–H and O–H groups in total. The summed E-state index contributed by atoms with van der Waals surface area (Å²) in [6.45, 7) is 13.0. The Bertz CT molecular complexity index is 410. The third-order valence-electron chi connectivity index (χ3n) is 2.86. The topological polar surface area (TPSA) is 36.9 Å². The molecule has 1 unspecified atom stereocenters. The van der Waals surface area contributed by atoms with Crippen LogP contribution >= 0.6 is 0 Å². The lowest BCUT2D eigenvalue weighted by molar-refractivity contribution is -0.165. The molecule has 4 nitrogen and oxygen atoms in total. The molecule has 0 heterocycles. The molecule has 0 aliphatic heterocycles. The molecule has 0 saturated heterocycles. The van der Waals surface area contributed by atoms with E-state index in [-0.39, 0.29) is 11.9 Å². The Morgan fingerprint density at radius 2 is 1.55 bits per heavy atom. The van der Waals surface area contributed by atoms with Gasteiger partial charge in [-0.25, -0.2) is 0 Å². The van der Waals surface area contributed by atoms with E-state index in [1.165, 1.54) is 0 Å². The highest BCUT2D eigenvalue weighted by Crippen LogP contribution is 2.21. The van der Waals surface area contributed by atoms with E-state index in [1.54, 1.807) is 0 Å². The third kappa shape index (κ3) is 7.02. The molecule has 0 saturated carbocycles. The molecule has 0 spiro atoms. The Hall–Kier alpha value is -0.723. The van der Waals surface area contributed by atoms with Crippen molar-refractivity contribution in [2.75, 3.05) is 13.2 Å². The molecule has 1 aromatic carbocycles. The van der Waals surface area contributed by atoms with Gasteiger partial charge in [0.25, 0.3) is 0 Å². The van der Waals surface area contributed by atoms with Gasteiger partial charge in [0.1, 0.15) is 6.29 Å². The minimum atomic E-state index is -2.82. The summed E-state index contributed by atoms with van der Waals surface area (Å²) in [6, 6.07) is 10.8. The maximum atomic E-state index is 6.17. The summed E-state index contributed by atoms with van der Waals surface area (Å²) in [5.41, 5.74) is 0.879. The van der Waals surface area contributed by atoms with E-state index in [0.717, 1.165) is 5.56 Å². The molecule has 1 rings (SSSR count). The second-order valence-electron chi connectivity index (χ2n) is 6.13. The van der Waals surface area contributed by atoms with Gasteiger partial charge in [0.05, 0.1) is 5.60 Å². The highest BCUT2D eigenvalue weighted by atomic mass is 28.4. The highest BCUT2D eigenvalue weighted by molar-refractivity contribution is 6.60. The quantitative estimate of drug-likeness (QED) is 0.508. The lowest BCUT2D eigenvalue weighted by Crippen LogP contribution is -2.51. The summed E-state index contributed by atoms with van der Waals surface area (Å²) >= 11 is 0. The van der Waals surface area contributed by atoms with Gasteiger partial charge in [0.2, 0.25) is 0 Å².